The van der Waals surface area contributed by atoms with E-state index >= 15 is 0 Å². The molecule has 0 aromatic rings. The minimum absolute atomic E-state index is 0.228. The summed E-state index contributed by atoms with van der Waals surface area (Å²) in [6, 6.07) is 0. The number of carboxylic acid groups (broad SMARTS) is 2. The first kappa shape index (κ1) is 39.9. The minimum Gasteiger partial charge on any atom is -0.481 e. The zero-order chi connectivity index (χ0) is 31.3. The third kappa shape index (κ3) is 26.8. The standard InChI is InChI=1S/C34H62O8/c1-3-5-7-9-11-13-15-17-19-21-23-41-33(39)27-29(25-31(35)36)30(26-32(37)38)28-34(40)42-24-22-20-18-16-14-12-10-8-6-4-2/h29-30H,3-28H2,1-2H3,(H,35,36)(H,37,38). The van der Waals surface area contributed by atoms with Crippen LogP contribution in [0, 0.1) is 11.8 Å². The fourth-order valence-corrected chi connectivity index (χ4v) is 5.36. The van der Waals surface area contributed by atoms with Crippen LogP contribution in [-0.2, 0) is 28.7 Å². The molecule has 2 atom stereocenters. The van der Waals surface area contributed by atoms with Crippen molar-refractivity contribution < 1.29 is 38.9 Å². The molecule has 0 heterocycles. The van der Waals surface area contributed by atoms with E-state index in [1.165, 1.54) is 89.9 Å². The average molecular weight is 599 g/mol. The van der Waals surface area contributed by atoms with Crippen molar-refractivity contribution in [3.63, 3.8) is 0 Å². The number of carboxylic acids is 2. The molecule has 0 aromatic carbocycles. The fraction of sp³-hybridized carbons (Fsp3) is 0.882. The average Bonchev–Trinajstić information content (AvgIpc) is 2.93. The lowest BCUT2D eigenvalue weighted by molar-refractivity contribution is -0.152. The van der Waals surface area contributed by atoms with Crippen LogP contribution in [0.2, 0.25) is 0 Å². The van der Waals surface area contributed by atoms with Crippen LogP contribution in [0.4, 0.5) is 0 Å². The second-order valence-electron chi connectivity index (χ2n) is 11.9. The predicted molar refractivity (Wildman–Crippen MR) is 166 cm³/mol. The Labute approximate surface area is 255 Å². The van der Waals surface area contributed by atoms with Crippen LogP contribution in [-0.4, -0.2) is 47.3 Å². The Balaban J connectivity index is 4.38. The molecule has 0 aromatic heterocycles. The quantitative estimate of drug-likeness (QED) is 0.0598. The van der Waals surface area contributed by atoms with Gasteiger partial charge in [-0.25, -0.2) is 0 Å². The number of hydrogen-bond donors (Lipinski definition) is 2. The zero-order valence-corrected chi connectivity index (χ0v) is 26.9. The van der Waals surface area contributed by atoms with Crippen molar-refractivity contribution in [3.8, 4) is 0 Å². The van der Waals surface area contributed by atoms with Crippen molar-refractivity contribution in [2.75, 3.05) is 13.2 Å². The summed E-state index contributed by atoms with van der Waals surface area (Å²) in [4.78, 5) is 47.9. The van der Waals surface area contributed by atoms with Gasteiger partial charge in [0.25, 0.3) is 0 Å². The molecule has 0 spiro atoms. The first-order valence-electron chi connectivity index (χ1n) is 17.0. The van der Waals surface area contributed by atoms with E-state index in [1.807, 2.05) is 0 Å². The molecule has 42 heavy (non-hydrogen) atoms. The van der Waals surface area contributed by atoms with Gasteiger partial charge in [0.05, 0.1) is 13.2 Å². The molecule has 0 aliphatic carbocycles. The van der Waals surface area contributed by atoms with E-state index in [-0.39, 0.29) is 26.1 Å². The summed E-state index contributed by atoms with van der Waals surface area (Å²) in [6.07, 6.45) is 22.0. The maximum Gasteiger partial charge on any atom is 0.306 e. The molecule has 0 bridgehead atoms. The van der Waals surface area contributed by atoms with Crippen molar-refractivity contribution in [1.82, 2.24) is 0 Å². The Kier molecular flexibility index (Phi) is 27.5. The van der Waals surface area contributed by atoms with Crippen molar-refractivity contribution in [3.05, 3.63) is 0 Å². The molecule has 8 heteroatoms. The smallest absolute Gasteiger partial charge is 0.306 e. The van der Waals surface area contributed by atoms with Crippen molar-refractivity contribution in [2.45, 2.75) is 168 Å². The van der Waals surface area contributed by atoms with Crippen molar-refractivity contribution in [1.29, 1.82) is 0 Å². The molecule has 0 radical (unpaired) electrons. The third-order valence-electron chi connectivity index (χ3n) is 7.92. The molecule has 2 N–H and O–H groups in total. The van der Waals surface area contributed by atoms with Gasteiger partial charge in [0.1, 0.15) is 0 Å². The summed E-state index contributed by atoms with van der Waals surface area (Å²) >= 11 is 0. The number of rotatable bonds is 31. The van der Waals surface area contributed by atoms with Gasteiger partial charge < -0.3 is 19.7 Å². The van der Waals surface area contributed by atoms with Gasteiger partial charge in [-0.2, -0.15) is 0 Å². The first-order valence-corrected chi connectivity index (χ1v) is 17.0. The lowest BCUT2D eigenvalue weighted by Gasteiger charge is -2.23. The molecule has 0 aliphatic rings. The van der Waals surface area contributed by atoms with Gasteiger partial charge in [0, 0.05) is 25.7 Å². The number of carbonyl (C=O) groups excluding carboxylic acids is 2. The van der Waals surface area contributed by atoms with E-state index < -0.39 is 48.6 Å². The SMILES string of the molecule is CCCCCCCCCCCCOC(=O)CC(CC(=O)O)C(CC(=O)O)CC(=O)OCCCCCCCCCCCC. The van der Waals surface area contributed by atoms with Gasteiger partial charge >= 0.3 is 23.9 Å². The summed E-state index contributed by atoms with van der Waals surface area (Å²) in [7, 11) is 0. The highest BCUT2D eigenvalue weighted by atomic mass is 16.5. The molecule has 8 nitrogen and oxygen atoms in total. The van der Waals surface area contributed by atoms with Crippen molar-refractivity contribution in [2.24, 2.45) is 11.8 Å². The number of aliphatic carboxylic acids is 2. The van der Waals surface area contributed by atoms with Crippen molar-refractivity contribution >= 4 is 23.9 Å². The first-order chi connectivity index (χ1) is 20.3. The van der Waals surface area contributed by atoms with Crippen LogP contribution in [0.5, 0.6) is 0 Å². The highest BCUT2D eigenvalue weighted by molar-refractivity contribution is 5.75. The molecule has 2 unspecified atom stereocenters. The number of carbonyl (C=O) groups is 4. The van der Waals surface area contributed by atoms with E-state index in [9.17, 15) is 29.4 Å². The van der Waals surface area contributed by atoms with Crippen LogP contribution in [0.3, 0.4) is 0 Å². The number of hydrogen-bond acceptors (Lipinski definition) is 6. The largest absolute Gasteiger partial charge is 0.481 e. The summed E-state index contributed by atoms with van der Waals surface area (Å²) < 4.78 is 10.7. The Hall–Kier alpha value is -2.12. The van der Waals surface area contributed by atoms with Gasteiger partial charge in [-0.05, 0) is 24.7 Å². The zero-order valence-electron chi connectivity index (χ0n) is 26.9. The second kappa shape index (κ2) is 29.0. The molecule has 0 rings (SSSR count). The van der Waals surface area contributed by atoms with E-state index in [1.54, 1.807) is 0 Å². The van der Waals surface area contributed by atoms with Gasteiger partial charge in [-0.15, -0.1) is 0 Å². The van der Waals surface area contributed by atoms with Gasteiger partial charge in [-0.3, -0.25) is 19.2 Å². The van der Waals surface area contributed by atoms with Crippen LogP contribution in [0.25, 0.3) is 0 Å². The molecule has 0 amide bonds. The molecule has 0 fully saturated rings. The molecule has 0 aliphatic heterocycles. The highest BCUT2D eigenvalue weighted by Gasteiger charge is 2.31. The van der Waals surface area contributed by atoms with Crippen LogP contribution >= 0.6 is 0 Å². The summed E-state index contributed by atoms with van der Waals surface area (Å²) in [5.74, 6) is -5.02. The van der Waals surface area contributed by atoms with E-state index in [2.05, 4.69) is 13.8 Å². The summed E-state index contributed by atoms with van der Waals surface area (Å²) in [5.41, 5.74) is 0. The summed E-state index contributed by atoms with van der Waals surface area (Å²) in [6.45, 7) is 4.95. The number of esters is 2. The van der Waals surface area contributed by atoms with Gasteiger partial charge in [0.15, 0.2) is 0 Å². The predicted octanol–water partition coefficient (Wildman–Crippen LogP) is 8.88. The third-order valence-corrected chi connectivity index (χ3v) is 7.92. The van der Waals surface area contributed by atoms with Crippen LogP contribution < -0.4 is 0 Å². The maximum absolute atomic E-state index is 12.5. The van der Waals surface area contributed by atoms with E-state index in [0.29, 0.717) is 0 Å². The lowest BCUT2D eigenvalue weighted by atomic mass is 9.82. The minimum atomic E-state index is -1.14. The summed E-state index contributed by atoms with van der Waals surface area (Å²) in [5, 5.41) is 18.8. The fourth-order valence-electron chi connectivity index (χ4n) is 5.36. The van der Waals surface area contributed by atoms with Gasteiger partial charge in [0.2, 0.25) is 0 Å². The number of unbranched alkanes of at least 4 members (excludes halogenated alkanes) is 18. The highest BCUT2D eigenvalue weighted by Crippen LogP contribution is 2.28. The van der Waals surface area contributed by atoms with E-state index in [4.69, 9.17) is 9.47 Å². The molecular formula is C34H62O8. The Morgan fingerprint density at radius 2 is 0.690 bits per heavy atom. The Morgan fingerprint density at radius 1 is 0.429 bits per heavy atom. The Bertz CT molecular complexity index is 635. The number of ether oxygens (including phenoxy) is 2. The monoisotopic (exact) mass is 598 g/mol. The van der Waals surface area contributed by atoms with E-state index in [0.717, 1.165) is 38.5 Å². The topological polar surface area (TPSA) is 127 Å². The molecular weight excluding hydrogens is 536 g/mol. The molecule has 0 saturated heterocycles. The van der Waals surface area contributed by atoms with Crippen LogP contribution in [0.1, 0.15) is 168 Å². The Morgan fingerprint density at radius 3 is 0.952 bits per heavy atom. The second-order valence-corrected chi connectivity index (χ2v) is 11.9. The van der Waals surface area contributed by atoms with Crippen LogP contribution in [0.15, 0.2) is 0 Å². The normalized spacial score (nSPS) is 12.5. The maximum atomic E-state index is 12.5. The molecule has 0 saturated carbocycles. The molecule has 246 valence electrons. The van der Waals surface area contributed by atoms with Gasteiger partial charge in [-0.1, -0.05) is 129 Å². The lowest BCUT2D eigenvalue weighted by Crippen LogP contribution is -2.27.